The molecule has 1 aromatic heterocycles. The molecule has 0 radical (unpaired) electrons. The van der Waals surface area contributed by atoms with Crippen LogP contribution in [0, 0.1) is 0 Å². The fourth-order valence-electron chi connectivity index (χ4n) is 3.01. The van der Waals surface area contributed by atoms with E-state index in [9.17, 15) is 4.79 Å². The van der Waals surface area contributed by atoms with Crippen molar-refractivity contribution < 1.29 is 9.53 Å². The number of carbonyl (C=O) groups excluding carboxylic acids is 1. The molecule has 0 N–H and O–H groups in total. The number of fused-ring (bicyclic) bond motifs is 1. The first-order chi connectivity index (χ1) is 10.7. The van der Waals surface area contributed by atoms with Crippen molar-refractivity contribution in [2.75, 3.05) is 20.7 Å². The molecule has 0 saturated carbocycles. The minimum absolute atomic E-state index is 0.106. The van der Waals surface area contributed by atoms with Gasteiger partial charge in [-0.15, -0.1) is 0 Å². The zero-order valence-corrected chi connectivity index (χ0v) is 12.8. The first-order valence-corrected chi connectivity index (χ1v) is 7.38. The number of likely N-dealkylation sites (N-methyl/N-ethyl adjacent to an activating group) is 1. The van der Waals surface area contributed by atoms with Gasteiger partial charge < -0.3 is 9.64 Å². The van der Waals surface area contributed by atoms with E-state index in [4.69, 9.17) is 4.74 Å². The number of methoxy groups -OCH3 is 1. The SMILES string of the molecule is COc1cc(C(=O)N(C)CC2CCc3ccccc32)ncn1. The Labute approximate surface area is 130 Å². The molecule has 1 unspecified atom stereocenters. The van der Waals surface area contributed by atoms with Gasteiger partial charge in [0, 0.05) is 25.6 Å². The molecule has 1 aliphatic carbocycles. The molecule has 1 heterocycles. The summed E-state index contributed by atoms with van der Waals surface area (Å²) >= 11 is 0. The Balaban J connectivity index is 1.72. The first kappa shape index (κ1) is 14.5. The maximum atomic E-state index is 12.5. The Bertz CT molecular complexity index is 687. The van der Waals surface area contributed by atoms with Gasteiger partial charge in [0.25, 0.3) is 5.91 Å². The van der Waals surface area contributed by atoms with Gasteiger partial charge in [-0.2, -0.15) is 0 Å². The summed E-state index contributed by atoms with van der Waals surface area (Å²) in [5.74, 6) is 0.692. The van der Waals surface area contributed by atoms with Gasteiger partial charge in [-0.3, -0.25) is 4.79 Å². The summed E-state index contributed by atoms with van der Waals surface area (Å²) in [6.45, 7) is 0.697. The molecule has 1 atom stereocenters. The minimum atomic E-state index is -0.106. The van der Waals surface area contributed by atoms with Crippen LogP contribution in [-0.4, -0.2) is 41.5 Å². The average Bonchev–Trinajstić information content (AvgIpc) is 2.97. The number of nitrogens with zero attached hydrogens (tertiary/aromatic N) is 3. The highest BCUT2D eigenvalue weighted by Gasteiger charge is 2.25. The molecule has 0 bridgehead atoms. The molecule has 0 saturated heterocycles. The van der Waals surface area contributed by atoms with Gasteiger partial charge in [-0.25, -0.2) is 9.97 Å². The van der Waals surface area contributed by atoms with Crippen molar-refractivity contribution in [1.82, 2.24) is 14.9 Å². The van der Waals surface area contributed by atoms with E-state index in [1.54, 1.807) is 11.0 Å². The Kier molecular flexibility index (Phi) is 4.04. The van der Waals surface area contributed by atoms with Gasteiger partial charge >= 0.3 is 0 Å². The molecule has 0 fully saturated rings. The Morgan fingerprint density at radius 2 is 2.18 bits per heavy atom. The van der Waals surface area contributed by atoms with Gasteiger partial charge in [-0.05, 0) is 24.0 Å². The molecule has 22 heavy (non-hydrogen) atoms. The zero-order valence-electron chi connectivity index (χ0n) is 12.8. The second kappa shape index (κ2) is 6.13. The van der Waals surface area contributed by atoms with Crippen LogP contribution in [0.5, 0.6) is 5.88 Å². The maximum Gasteiger partial charge on any atom is 0.272 e. The van der Waals surface area contributed by atoms with Crippen molar-refractivity contribution in [3.63, 3.8) is 0 Å². The highest BCUT2D eigenvalue weighted by atomic mass is 16.5. The van der Waals surface area contributed by atoms with E-state index < -0.39 is 0 Å². The standard InChI is InChI=1S/C17H19N3O2/c1-20(17(21)15-9-16(22-2)19-11-18-15)10-13-8-7-12-5-3-4-6-14(12)13/h3-6,9,11,13H,7-8,10H2,1-2H3. The van der Waals surface area contributed by atoms with E-state index in [2.05, 4.69) is 34.2 Å². The molecule has 114 valence electrons. The smallest absolute Gasteiger partial charge is 0.272 e. The third-order valence-corrected chi connectivity index (χ3v) is 4.17. The number of benzene rings is 1. The maximum absolute atomic E-state index is 12.5. The quantitative estimate of drug-likeness (QED) is 0.869. The molecule has 5 nitrogen and oxygen atoms in total. The summed E-state index contributed by atoms with van der Waals surface area (Å²) in [5, 5.41) is 0. The molecular weight excluding hydrogens is 278 g/mol. The van der Waals surface area contributed by atoms with E-state index in [1.165, 1.54) is 24.6 Å². The number of aromatic nitrogens is 2. The predicted octanol–water partition coefficient (Wildman–Crippen LogP) is 2.29. The summed E-state index contributed by atoms with van der Waals surface area (Å²) in [7, 11) is 3.34. The molecule has 5 heteroatoms. The topological polar surface area (TPSA) is 55.3 Å². The molecule has 1 aromatic carbocycles. The monoisotopic (exact) mass is 297 g/mol. The first-order valence-electron chi connectivity index (χ1n) is 7.38. The molecular formula is C17H19N3O2. The van der Waals surface area contributed by atoms with Crippen molar-refractivity contribution in [3.8, 4) is 5.88 Å². The number of ether oxygens (including phenoxy) is 1. The summed E-state index contributed by atoms with van der Waals surface area (Å²) in [4.78, 5) is 22.2. The van der Waals surface area contributed by atoms with Crippen LogP contribution in [0.1, 0.15) is 34.0 Å². The average molecular weight is 297 g/mol. The van der Waals surface area contributed by atoms with Crippen LogP contribution in [0.2, 0.25) is 0 Å². The van der Waals surface area contributed by atoms with Crippen molar-refractivity contribution in [1.29, 1.82) is 0 Å². The van der Waals surface area contributed by atoms with Crippen LogP contribution in [0.4, 0.5) is 0 Å². The Hall–Kier alpha value is -2.43. The van der Waals surface area contributed by atoms with Gasteiger partial charge in [0.2, 0.25) is 5.88 Å². The van der Waals surface area contributed by atoms with Gasteiger partial charge in [0.1, 0.15) is 12.0 Å². The number of carbonyl (C=O) groups is 1. The van der Waals surface area contributed by atoms with Crippen molar-refractivity contribution in [2.45, 2.75) is 18.8 Å². The highest BCUT2D eigenvalue weighted by molar-refractivity contribution is 5.92. The van der Waals surface area contributed by atoms with Gasteiger partial charge in [-0.1, -0.05) is 24.3 Å². The van der Waals surface area contributed by atoms with Crippen molar-refractivity contribution in [3.05, 3.63) is 53.5 Å². The van der Waals surface area contributed by atoms with E-state index in [0.717, 1.165) is 12.8 Å². The third kappa shape index (κ3) is 2.79. The normalized spacial score (nSPS) is 16.2. The van der Waals surface area contributed by atoms with Gasteiger partial charge in [0.15, 0.2) is 0 Å². The lowest BCUT2D eigenvalue weighted by Gasteiger charge is -2.21. The molecule has 1 aliphatic rings. The molecule has 0 aliphatic heterocycles. The van der Waals surface area contributed by atoms with Crippen molar-refractivity contribution in [2.24, 2.45) is 0 Å². The summed E-state index contributed by atoms with van der Waals surface area (Å²) in [6, 6.07) is 10.0. The van der Waals surface area contributed by atoms with E-state index in [0.29, 0.717) is 24.0 Å². The summed E-state index contributed by atoms with van der Waals surface area (Å²) < 4.78 is 5.04. The second-order valence-corrected chi connectivity index (χ2v) is 5.57. The lowest BCUT2D eigenvalue weighted by atomic mass is 10.0. The predicted molar refractivity (Wildman–Crippen MR) is 83.0 cm³/mol. The fourth-order valence-corrected chi connectivity index (χ4v) is 3.01. The van der Waals surface area contributed by atoms with Crippen LogP contribution in [0.3, 0.4) is 0 Å². The molecule has 2 aromatic rings. The summed E-state index contributed by atoms with van der Waals surface area (Å²) in [5.41, 5.74) is 3.13. The molecule has 0 spiro atoms. The number of amides is 1. The lowest BCUT2D eigenvalue weighted by molar-refractivity contribution is 0.0779. The Morgan fingerprint density at radius 3 is 3.00 bits per heavy atom. The third-order valence-electron chi connectivity index (χ3n) is 4.17. The minimum Gasteiger partial charge on any atom is -0.481 e. The number of rotatable bonds is 4. The van der Waals surface area contributed by atoms with Crippen LogP contribution in [0.15, 0.2) is 36.7 Å². The van der Waals surface area contributed by atoms with Crippen LogP contribution in [-0.2, 0) is 6.42 Å². The number of hydrogen-bond acceptors (Lipinski definition) is 4. The summed E-state index contributed by atoms with van der Waals surface area (Å²) in [6.07, 6.45) is 3.53. The van der Waals surface area contributed by atoms with Crippen molar-refractivity contribution >= 4 is 5.91 Å². The van der Waals surface area contributed by atoms with Crippen LogP contribution < -0.4 is 4.74 Å². The molecule has 3 rings (SSSR count). The van der Waals surface area contributed by atoms with Crippen LogP contribution in [0.25, 0.3) is 0 Å². The van der Waals surface area contributed by atoms with Crippen LogP contribution >= 0.6 is 0 Å². The zero-order chi connectivity index (χ0) is 15.5. The fraction of sp³-hybridized carbons (Fsp3) is 0.353. The lowest BCUT2D eigenvalue weighted by Crippen LogP contribution is -2.31. The van der Waals surface area contributed by atoms with E-state index in [1.807, 2.05) is 7.05 Å². The van der Waals surface area contributed by atoms with Gasteiger partial charge in [0.05, 0.1) is 7.11 Å². The highest BCUT2D eigenvalue weighted by Crippen LogP contribution is 2.33. The molecule has 1 amide bonds. The Morgan fingerprint density at radius 1 is 1.36 bits per heavy atom. The number of hydrogen-bond donors (Lipinski definition) is 0. The largest absolute Gasteiger partial charge is 0.481 e. The van der Waals surface area contributed by atoms with E-state index >= 15 is 0 Å². The number of aryl methyl sites for hydroxylation is 1. The van der Waals surface area contributed by atoms with E-state index in [-0.39, 0.29) is 5.91 Å². The second-order valence-electron chi connectivity index (χ2n) is 5.57.